The predicted octanol–water partition coefficient (Wildman–Crippen LogP) is 2.15. The Morgan fingerprint density at radius 1 is 1.21 bits per heavy atom. The average molecular weight is 262 g/mol. The Hall–Kier alpha value is -1.55. The molecule has 1 aliphatic heterocycles. The van der Waals surface area contributed by atoms with E-state index in [2.05, 4.69) is 4.90 Å². The smallest absolute Gasteiger partial charge is 0.328 e. The summed E-state index contributed by atoms with van der Waals surface area (Å²) in [7, 11) is 3.96. The summed E-state index contributed by atoms with van der Waals surface area (Å²) in [5.74, 6) is -0.771. The summed E-state index contributed by atoms with van der Waals surface area (Å²) in [5, 5.41) is 9.67. The number of carboxylic acid groups (broad SMARTS) is 1. The second-order valence-corrected chi connectivity index (χ2v) is 5.51. The Morgan fingerprint density at radius 3 is 2.16 bits per heavy atom. The molecule has 1 saturated heterocycles. The first kappa shape index (κ1) is 13.9. The fourth-order valence-electron chi connectivity index (χ4n) is 2.69. The number of likely N-dealkylation sites (tertiary alicyclic amines) is 1. The van der Waals surface area contributed by atoms with Crippen molar-refractivity contribution < 1.29 is 9.90 Å². The molecule has 4 heteroatoms. The van der Waals surface area contributed by atoms with E-state index in [1.807, 2.05) is 50.2 Å². The summed E-state index contributed by atoms with van der Waals surface area (Å²) < 4.78 is 0. The average Bonchev–Trinajstić information content (AvgIpc) is 2.92. The fraction of sp³-hybridized carbons (Fsp3) is 0.533. The van der Waals surface area contributed by atoms with Crippen LogP contribution in [0.25, 0.3) is 0 Å². The maximum Gasteiger partial charge on any atom is 0.328 e. The third kappa shape index (κ3) is 2.45. The van der Waals surface area contributed by atoms with Crippen molar-refractivity contribution in [3.63, 3.8) is 0 Å². The molecule has 0 radical (unpaired) electrons. The fourth-order valence-corrected chi connectivity index (χ4v) is 2.69. The van der Waals surface area contributed by atoms with Gasteiger partial charge in [0.2, 0.25) is 0 Å². The van der Waals surface area contributed by atoms with Crippen molar-refractivity contribution in [2.24, 2.45) is 0 Å². The van der Waals surface area contributed by atoms with Gasteiger partial charge in [0, 0.05) is 19.8 Å². The van der Waals surface area contributed by atoms with E-state index in [1.54, 1.807) is 0 Å². The topological polar surface area (TPSA) is 43.8 Å². The van der Waals surface area contributed by atoms with Gasteiger partial charge in [-0.25, -0.2) is 4.79 Å². The molecule has 0 spiro atoms. The van der Waals surface area contributed by atoms with Gasteiger partial charge in [-0.2, -0.15) is 0 Å². The summed E-state index contributed by atoms with van der Waals surface area (Å²) in [5.41, 5.74) is 1.02. The molecule has 4 nitrogen and oxygen atoms in total. The molecule has 1 heterocycles. The molecule has 0 saturated carbocycles. The Labute approximate surface area is 114 Å². The van der Waals surface area contributed by atoms with Crippen molar-refractivity contribution >= 4 is 11.7 Å². The van der Waals surface area contributed by atoms with E-state index in [4.69, 9.17) is 0 Å². The van der Waals surface area contributed by atoms with Crippen molar-refractivity contribution in [3.05, 3.63) is 29.8 Å². The number of rotatable bonds is 4. The van der Waals surface area contributed by atoms with E-state index in [-0.39, 0.29) is 0 Å². The normalized spacial score (nSPS) is 19.1. The Balaban J connectivity index is 2.35. The van der Waals surface area contributed by atoms with Crippen LogP contribution in [0.15, 0.2) is 24.3 Å². The predicted molar refractivity (Wildman–Crippen MR) is 76.6 cm³/mol. The monoisotopic (exact) mass is 262 g/mol. The largest absolute Gasteiger partial charge is 0.480 e. The highest BCUT2D eigenvalue weighted by Crippen LogP contribution is 2.32. The molecule has 2 rings (SSSR count). The minimum absolute atomic E-state index is 0.771. The lowest BCUT2D eigenvalue weighted by Gasteiger charge is -2.35. The minimum Gasteiger partial charge on any atom is -0.480 e. The third-order valence-corrected chi connectivity index (χ3v) is 4.10. The number of aliphatic carboxylic acids is 1. The van der Waals surface area contributed by atoms with Crippen LogP contribution in [-0.4, -0.2) is 43.2 Å². The van der Waals surface area contributed by atoms with Gasteiger partial charge in [0.25, 0.3) is 0 Å². The number of benzene rings is 1. The van der Waals surface area contributed by atoms with Gasteiger partial charge >= 0.3 is 5.97 Å². The molecule has 19 heavy (non-hydrogen) atoms. The molecule has 1 N–H and O–H groups in total. The quantitative estimate of drug-likeness (QED) is 0.903. The molecule has 0 aliphatic carbocycles. The zero-order valence-electron chi connectivity index (χ0n) is 11.9. The molecular formula is C15H22N2O2. The van der Waals surface area contributed by atoms with E-state index >= 15 is 0 Å². The molecule has 0 bridgehead atoms. The zero-order valence-corrected chi connectivity index (χ0v) is 11.9. The maximum atomic E-state index is 11.8. The van der Waals surface area contributed by atoms with Crippen LogP contribution < -0.4 is 4.90 Å². The minimum atomic E-state index is -0.915. The number of anilines is 1. The van der Waals surface area contributed by atoms with Crippen LogP contribution in [0.3, 0.4) is 0 Å². The second kappa shape index (κ2) is 5.21. The molecule has 0 amide bonds. The van der Waals surface area contributed by atoms with Crippen LogP contribution in [0, 0.1) is 0 Å². The standard InChI is InChI=1S/C15H22N2O2/c1-15(14(18)19,17-10-4-5-11-17)12-6-8-13(9-7-12)16(2)3/h6-9H,4-5,10-11H2,1-3H3,(H,18,19). The van der Waals surface area contributed by atoms with E-state index in [0.29, 0.717) is 0 Å². The molecule has 1 aromatic carbocycles. The Morgan fingerprint density at radius 2 is 1.74 bits per heavy atom. The number of hydrogen-bond acceptors (Lipinski definition) is 3. The van der Waals surface area contributed by atoms with Crippen molar-refractivity contribution in [1.29, 1.82) is 0 Å². The summed E-state index contributed by atoms with van der Waals surface area (Å²) in [6, 6.07) is 7.82. The van der Waals surface area contributed by atoms with E-state index in [9.17, 15) is 9.90 Å². The van der Waals surface area contributed by atoms with Gasteiger partial charge in [0.15, 0.2) is 0 Å². The highest BCUT2D eigenvalue weighted by atomic mass is 16.4. The van der Waals surface area contributed by atoms with Crippen LogP contribution in [0.2, 0.25) is 0 Å². The SMILES string of the molecule is CN(C)c1ccc(C(C)(C(=O)O)N2CCCC2)cc1. The molecule has 1 fully saturated rings. The molecular weight excluding hydrogens is 240 g/mol. The van der Waals surface area contributed by atoms with Crippen LogP contribution in [0.5, 0.6) is 0 Å². The first-order valence-corrected chi connectivity index (χ1v) is 6.72. The first-order valence-electron chi connectivity index (χ1n) is 6.72. The lowest BCUT2D eigenvalue weighted by molar-refractivity contribution is -0.150. The number of hydrogen-bond donors (Lipinski definition) is 1. The van der Waals surface area contributed by atoms with Crippen LogP contribution >= 0.6 is 0 Å². The van der Waals surface area contributed by atoms with Crippen molar-refractivity contribution in [3.8, 4) is 0 Å². The molecule has 1 unspecified atom stereocenters. The highest BCUT2D eigenvalue weighted by molar-refractivity contribution is 5.80. The van der Waals surface area contributed by atoms with E-state index in [1.165, 1.54) is 0 Å². The number of nitrogens with zero attached hydrogens (tertiary/aromatic N) is 2. The molecule has 104 valence electrons. The van der Waals surface area contributed by atoms with E-state index in [0.717, 1.165) is 37.2 Å². The second-order valence-electron chi connectivity index (χ2n) is 5.51. The van der Waals surface area contributed by atoms with Gasteiger partial charge in [-0.1, -0.05) is 12.1 Å². The summed E-state index contributed by atoms with van der Waals surface area (Å²) >= 11 is 0. The maximum absolute atomic E-state index is 11.8. The lowest BCUT2D eigenvalue weighted by atomic mass is 9.90. The lowest BCUT2D eigenvalue weighted by Crippen LogP contribution is -2.48. The zero-order chi connectivity index (χ0) is 14.0. The van der Waals surface area contributed by atoms with Crippen molar-refractivity contribution in [2.75, 3.05) is 32.1 Å². The summed E-state index contributed by atoms with van der Waals surface area (Å²) in [4.78, 5) is 15.9. The van der Waals surface area contributed by atoms with Gasteiger partial charge in [-0.05, 0) is 50.6 Å². The van der Waals surface area contributed by atoms with Crippen LogP contribution in [0.1, 0.15) is 25.3 Å². The van der Waals surface area contributed by atoms with Gasteiger partial charge in [-0.15, -0.1) is 0 Å². The summed E-state index contributed by atoms with van der Waals surface area (Å²) in [6.07, 6.45) is 2.16. The molecule has 1 atom stereocenters. The van der Waals surface area contributed by atoms with Crippen molar-refractivity contribution in [1.82, 2.24) is 4.90 Å². The van der Waals surface area contributed by atoms with Crippen LogP contribution in [0.4, 0.5) is 5.69 Å². The van der Waals surface area contributed by atoms with Crippen LogP contribution in [-0.2, 0) is 10.3 Å². The molecule has 1 aromatic rings. The number of carbonyl (C=O) groups is 1. The summed E-state index contributed by atoms with van der Waals surface area (Å²) in [6.45, 7) is 3.53. The number of carboxylic acids is 1. The molecule has 1 aliphatic rings. The van der Waals surface area contributed by atoms with E-state index < -0.39 is 11.5 Å². The van der Waals surface area contributed by atoms with Gasteiger partial charge in [0.1, 0.15) is 5.54 Å². The van der Waals surface area contributed by atoms with Gasteiger partial charge in [-0.3, -0.25) is 4.90 Å². The van der Waals surface area contributed by atoms with Gasteiger partial charge in [0.05, 0.1) is 0 Å². The Bertz CT molecular complexity index is 450. The Kier molecular flexibility index (Phi) is 3.80. The van der Waals surface area contributed by atoms with Gasteiger partial charge < -0.3 is 10.0 Å². The highest BCUT2D eigenvalue weighted by Gasteiger charge is 2.42. The first-order chi connectivity index (χ1) is 8.96. The third-order valence-electron chi connectivity index (χ3n) is 4.10. The van der Waals surface area contributed by atoms with Crippen molar-refractivity contribution in [2.45, 2.75) is 25.3 Å². The molecule has 0 aromatic heterocycles.